The van der Waals surface area contributed by atoms with Gasteiger partial charge in [-0.2, -0.15) is 13.2 Å². The molecule has 6 heteroatoms. The van der Waals surface area contributed by atoms with Crippen LogP contribution in [0.1, 0.15) is 44.7 Å². The van der Waals surface area contributed by atoms with Gasteiger partial charge in [-0.1, -0.05) is 32.4 Å². The third kappa shape index (κ3) is 4.38. The third-order valence-corrected chi connectivity index (χ3v) is 4.90. The summed E-state index contributed by atoms with van der Waals surface area (Å²) in [4.78, 5) is 1.98. The van der Waals surface area contributed by atoms with E-state index in [-0.39, 0.29) is 5.02 Å². The van der Waals surface area contributed by atoms with Crippen molar-refractivity contribution in [1.82, 2.24) is 4.90 Å². The molecule has 1 heterocycles. The summed E-state index contributed by atoms with van der Waals surface area (Å²) in [7, 11) is 0. The van der Waals surface area contributed by atoms with Gasteiger partial charge in [0.2, 0.25) is 0 Å². The summed E-state index contributed by atoms with van der Waals surface area (Å²) < 4.78 is 53.4. The standard InChI is InChI=1S/C17H22ClF4N/c1-15(2,3)16(19)4-6-23(7-5-16)11-12-8-13(17(20,21)22)10-14(18)9-12/h8-10H,4-7,11H2,1-3H3. The van der Waals surface area contributed by atoms with Crippen molar-refractivity contribution in [3.05, 3.63) is 34.3 Å². The molecule has 0 radical (unpaired) electrons. The summed E-state index contributed by atoms with van der Waals surface area (Å²) >= 11 is 5.80. The second-order valence-corrected chi connectivity index (χ2v) is 7.77. The fourth-order valence-corrected chi connectivity index (χ4v) is 3.24. The Labute approximate surface area is 139 Å². The quantitative estimate of drug-likeness (QED) is 0.617. The number of likely N-dealkylation sites (tertiary alicyclic amines) is 1. The minimum Gasteiger partial charge on any atom is -0.299 e. The Morgan fingerprint density at radius 2 is 1.65 bits per heavy atom. The zero-order chi connectivity index (χ0) is 17.5. The molecular weight excluding hydrogens is 330 g/mol. The van der Waals surface area contributed by atoms with E-state index < -0.39 is 22.8 Å². The van der Waals surface area contributed by atoms with Gasteiger partial charge < -0.3 is 0 Å². The summed E-state index contributed by atoms with van der Waals surface area (Å²) in [6.07, 6.45) is -3.63. The van der Waals surface area contributed by atoms with Gasteiger partial charge in [0, 0.05) is 24.7 Å². The first-order valence-corrected chi connectivity index (χ1v) is 8.06. The average Bonchev–Trinajstić information content (AvgIpc) is 2.39. The maximum absolute atomic E-state index is 14.9. The Morgan fingerprint density at radius 1 is 1.09 bits per heavy atom. The molecule has 1 aromatic carbocycles. The van der Waals surface area contributed by atoms with Crippen LogP contribution in [0.5, 0.6) is 0 Å². The zero-order valence-electron chi connectivity index (χ0n) is 13.6. The number of halogens is 5. The number of piperidine rings is 1. The fraction of sp³-hybridized carbons (Fsp3) is 0.647. The van der Waals surface area contributed by atoms with E-state index in [0.717, 1.165) is 12.1 Å². The maximum Gasteiger partial charge on any atom is 0.416 e. The van der Waals surface area contributed by atoms with Gasteiger partial charge in [0.25, 0.3) is 0 Å². The van der Waals surface area contributed by atoms with Crippen molar-refractivity contribution in [1.29, 1.82) is 0 Å². The van der Waals surface area contributed by atoms with Crippen molar-refractivity contribution in [2.75, 3.05) is 13.1 Å². The number of alkyl halides is 4. The number of hydrogen-bond acceptors (Lipinski definition) is 1. The lowest BCUT2D eigenvalue weighted by Gasteiger charge is -2.44. The Hall–Kier alpha value is -0.810. The van der Waals surface area contributed by atoms with E-state index in [1.165, 1.54) is 6.07 Å². The van der Waals surface area contributed by atoms with Crippen molar-refractivity contribution in [3.8, 4) is 0 Å². The second kappa shape index (κ2) is 6.25. The molecule has 130 valence electrons. The fourth-order valence-electron chi connectivity index (χ4n) is 2.98. The highest BCUT2D eigenvalue weighted by Gasteiger charge is 2.44. The van der Waals surface area contributed by atoms with Gasteiger partial charge in [-0.05, 0) is 42.0 Å². The van der Waals surface area contributed by atoms with Gasteiger partial charge in [0.15, 0.2) is 0 Å². The minimum atomic E-state index is -4.41. The van der Waals surface area contributed by atoms with E-state index in [9.17, 15) is 17.6 Å². The Bertz CT molecular complexity index is 555. The van der Waals surface area contributed by atoms with Crippen LogP contribution in [0, 0.1) is 5.41 Å². The molecule has 0 aliphatic carbocycles. The van der Waals surface area contributed by atoms with Crippen LogP contribution in [0.4, 0.5) is 17.6 Å². The van der Waals surface area contributed by atoms with Crippen LogP contribution in [0.15, 0.2) is 18.2 Å². The van der Waals surface area contributed by atoms with Crippen LogP contribution in [0.25, 0.3) is 0 Å². The Balaban J connectivity index is 2.06. The maximum atomic E-state index is 14.9. The Morgan fingerprint density at radius 3 is 2.13 bits per heavy atom. The monoisotopic (exact) mass is 351 g/mol. The molecular formula is C17H22ClF4N. The van der Waals surface area contributed by atoms with Gasteiger partial charge in [-0.25, -0.2) is 4.39 Å². The third-order valence-electron chi connectivity index (χ3n) is 4.68. The van der Waals surface area contributed by atoms with Crippen molar-refractivity contribution >= 4 is 11.6 Å². The van der Waals surface area contributed by atoms with Gasteiger partial charge in [0.05, 0.1) is 5.56 Å². The molecule has 0 bridgehead atoms. The highest BCUT2D eigenvalue weighted by Crippen LogP contribution is 2.42. The molecule has 0 N–H and O–H groups in total. The largest absolute Gasteiger partial charge is 0.416 e. The molecule has 0 amide bonds. The lowest BCUT2D eigenvalue weighted by molar-refractivity contribution is -0.137. The van der Waals surface area contributed by atoms with Crippen LogP contribution in [-0.2, 0) is 12.7 Å². The lowest BCUT2D eigenvalue weighted by atomic mass is 9.72. The van der Waals surface area contributed by atoms with E-state index in [2.05, 4.69) is 0 Å². The molecule has 1 aromatic rings. The summed E-state index contributed by atoms with van der Waals surface area (Å²) in [5.74, 6) is 0. The van der Waals surface area contributed by atoms with Crippen LogP contribution < -0.4 is 0 Å². The van der Waals surface area contributed by atoms with Crippen LogP contribution in [-0.4, -0.2) is 23.7 Å². The molecule has 1 nitrogen and oxygen atoms in total. The van der Waals surface area contributed by atoms with Gasteiger partial charge in [-0.15, -0.1) is 0 Å². The molecule has 1 fully saturated rings. The molecule has 2 rings (SSSR count). The molecule has 23 heavy (non-hydrogen) atoms. The predicted molar refractivity (Wildman–Crippen MR) is 84.3 cm³/mol. The molecule has 0 saturated carbocycles. The first-order valence-electron chi connectivity index (χ1n) is 7.69. The molecule has 0 atom stereocenters. The van der Waals surface area contributed by atoms with Crippen LogP contribution >= 0.6 is 11.6 Å². The molecule has 0 aromatic heterocycles. The van der Waals surface area contributed by atoms with Crippen LogP contribution in [0.2, 0.25) is 5.02 Å². The van der Waals surface area contributed by atoms with Gasteiger partial charge >= 0.3 is 6.18 Å². The topological polar surface area (TPSA) is 3.24 Å². The Kier molecular flexibility index (Phi) is 5.03. The first-order chi connectivity index (χ1) is 10.4. The molecule has 1 aliphatic heterocycles. The van der Waals surface area contributed by atoms with E-state index in [4.69, 9.17) is 11.6 Å². The summed E-state index contributed by atoms with van der Waals surface area (Å²) in [6.45, 7) is 7.06. The SMILES string of the molecule is CC(C)(C)C1(F)CCN(Cc2cc(Cl)cc(C(F)(F)F)c2)CC1. The summed E-state index contributed by atoms with van der Waals surface area (Å²) in [5, 5.41) is 0.0707. The predicted octanol–water partition coefficient (Wildman–Crippen LogP) is 5.71. The smallest absolute Gasteiger partial charge is 0.299 e. The van der Waals surface area contributed by atoms with Crippen molar-refractivity contribution in [2.45, 2.75) is 52.0 Å². The zero-order valence-corrected chi connectivity index (χ0v) is 14.4. The molecule has 1 saturated heterocycles. The molecule has 0 spiro atoms. The lowest BCUT2D eigenvalue weighted by Crippen LogP contribution is -2.48. The minimum absolute atomic E-state index is 0.0707. The van der Waals surface area contributed by atoms with E-state index in [1.54, 1.807) is 0 Å². The van der Waals surface area contributed by atoms with Gasteiger partial charge in [0.1, 0.15) is 5.67 Å². The van der Waals surface area contributed by atoms with Crippen molar-refractivity contribution < 1.29 is 17.6 Å². The molecule has 1 aliphatic rings. The number of rotatable bonds is 2. The first kappa shape index (κ1) is 18.5. The van der Waals surface area contributed by atoms with Crippen LogP contribution in [0.3, 0.4) is 0 Å². The number of nitrogens with zero attached hydrogens (tertiary/aromatic N) is 1. The van der Waals surface area contributed by atoms with E-state index in [1.807, 2.05) is 25.7 Å². The van der Waals surface area contributed by atoms with E-state index >= 15 is 0 Å². The van der Waals surface area contributed by atoms with Crippen molar-refractivity contribution in [3.63, 3.8) is 0 Å². The summed E-state index contributed by atoms with van der Waals surface area (Å²) in [5.41, 5.74) is -1.90. The number of benzene rings is 1. The van der Waals surface area contributed by atoms with Crippen molar-refractivity contribution in [2.24, 2.45) is 5.41 Å². The van der Waals surface area contributed by atoms with Gasteiger partial charge in [-0.3, -0.25) is 4.90 Å². The highest BCUT2D eigenvalue weighted by atomic mass is 35.5. The normalized spacial score (nSPS) is 19.8. The summed E-state index contributed by atoms with van der Waals surface area (Å²) in [6, 6.07) is 3.58. The highest BCUT2D eigenvalue weighted by molar-refractivity contribution is 6.30. The average molecular weight is 352 g/mol. The second-order valence-electron chi connectivity index (χ2n) is 7.34. The number of hydrogen-bond donors (Lipinski definition) is 0. The van der Waals surface area contributed by atoms with E-state index in [0.29, 0.717) is 38.0 Å². The molecule has 0 unspecified atom stereocenters.